The van der Waals surface area contributed by atoms with Crippen LogP contribution in [-0.4, -0.2) is 21.9 Å². The van der Waals surface area contributed by atoms with Crippen molar-refractivity contribution >= 4 is 12.1 Å². The van der Waals surface area contributed by atoms with Gasteiger partial charge in [0, 0.05) is 13.0 Å². The van der Waals surface area contributed by atoms with Crippen molar-refractivity contribution in [3.05, 3.63) is 38.1 Å². The summed E-state index contributed by atoms with van der Waals surface area (Å²) in [5.74, 6) is 0.208. The first-order valence-electron chi connectivity index (χ1n) is 5.24. The molecule has 0 atom stereocenters. The SMILES string of the molecule is C=CN1CCCC1=O.C=C[n+]1ccn(C)c1.[Cl-]. The average Bonchev–Trinajstić information content (AvgIpc) is 2.87. The summed E-state index contributed by atoms with van der Waals surface area (Å²) in [6, 6.07) is 0. The molecular formula is C12H18ClN3O. The summed E-state index contributed by atoms with van der Waals surface area (Å²) in [6.07, 6.45) is 10.9. The molecule has 0 bridgehead atoms. The highest BCUT2D eigenvalue weighted by Gasteiger charge is 2.15. The smallest absolute Gasteiger partial charge is 0.248 e. The summed E-state index contributed by atoms with van der Waals surface area (Å²) in [6.45, 7) is 7.96. The second-order valence-electron chi connectivity index (χ2n) is 3.58. The first kappa shape index (κ1) is 15.4. The van der Waals surface area contributed by atoms with Crippen molar-refractivity contribution in [1.29, 1.82) is 0 Å². The number of rotatable bonds is 2. The van der Waals surface area contributed by atoms with Gasteiger partial charge in [-0.25, -0.2) is 9.13 Å². The van der Waals surface area contributed by atoms with Gasteiger partial charge in [0.2, 0.25) is 12.2 Å². The van der Waals surface area contributed by atoms with E-state index in [1.807, 2.05) is 34.9 Å². The van der Waals surface area contributed by atoms with E-state index in [-0.39, 0.29) is 18.3 Å². The number of likely N-dealkylation sites (tertiary alicyclic amines) is 1. The highest BCUT2D eigenvalue weighted by molar-refractivity contribution is 5.78. The Kier molecular flexibility index (Phi) is 6.98. The van der Waals surface area contributed by atoms with Crippen LogP contribution in [-0.2, 0) is 11.8 Å². The summed E-state index contributed by atoms with van der Waals surface area (Å²) < 4.78 is 3.85. The zero-order valence-corrected chi connectivity index (χ0v) is 10.8. The summed E-state index contributed by atoms with van der Waals surface area (Å²) in [5, 5.41) is 0. The highest BCUT2D eigenvalue weighted by atomic mass is 35.5. The van der Waals surface area contributed by atoms with Crippen molar-refractivity contribution in [3.63, 3.8) is 0 Å². The first-order chi connectivity index (χ1) is 7.67. The molecule has 5 heteroatoms. The van der Waals surface area contributed by atoms with Gasteiger partial charge in [-0.2, -0.15) is 0 Å². The number of carbonyl (C=O) groups is 1. The van der Waals surface area contributed by atoms with E-state index in [0.717, 1.165) is 13.0 Å². The Hall–Kier alpha value is -1.55. The van der Waals surface area contributed by atoms with Crippen LogP contribution in [0, 0.1) is 0 Å². The third-order valence-corrected chi connectivity index (χ3v) is 2.33. The maximum atomic E-state index is 10.7. The molecule has 1 amide bonds. The van der Waals surface area contributed by atoms with Crippen molar-refractivity contribution in [2.45, 2.75) is 12.8 Å². The zero-order chi connectivity index (χ0) is 12.0. The van der Waals surface area contributed by atoms with Gasteiger partial charge in [0.25, 0.3) is 0 Å². The molecule has 1 saturated heterocycles. The predicted molar refractivity (Wildman–Crippen MR) is 63.1 cm³/mol. The number of imidazole rings is 1. The summed E-state index contributed by atoms with van der Waals surface area (Å²) in [7, 11) is 1.97. The number of aromatic nitrogens is 2. The quantitative estimate of drug-likeness (QED) is 0.572. The average molecular weight is 256 g/mol. The Morgan fingerprint density at radius 1 is 1.47 bits per heavy atom. The maximum absolute atomic E-state index is 10.7. The molecule has 1 aliphatic rings. The Morgan fingerprint density at radius 3 is 2.41 bits per heavy atom. The Balaban J connectivity index is 0.000000284. The van der Waals surface area contributed by atoms with Gasteiger partial charge in [-0.15, -0.1) is 0 Å². The fourth-order valence-electron chi connectivity index (χ4n) is 1.44. The van der Waals surface area contributed by atoms with Crippen molar-refractivity contribution in [2.24, 2.45) is 7.05 Å². The number of hydrogen-bond donors (Lipinski definition) is 0. The van der Waals surface area contributed by atoms with Crippen molar-refractivity contribution < 1.29 is 21.8 Å². The molecule has 2 rings (SSSR count). The third kappa shape index (κ3) is 4.87. The molecule has 0 N–H and O–H groups in total. The number of aryl methyl sites for hydroxylation is 1. The summed E-state index contributed by atoms with van der Waals surface area (Å²) in [5.41, 5.74) is 0. The van der Waals surface area contributed by atoms with Gasteiger partial charge in [-0.1, -0.05) is 13.2 Å². The predicted octanol–water partition coefficient (Wildman–Crippen LogP) is -1.83. The first-order valence-corrected chi connectivity index (χ1v) is 5.24. The number of nitrogens with zero attached hydrogens (tertiary/aromatic N) is 3. The van der Waals surface area contributed by atoms with E-state index >= 15 is 0 Å². The molecule has 94 valence electrons. The molecule has 2 heterocycles. The van der Waals surface area contributed by atoms with Crippen molar-refractivity contribution in [1.82, 2.24) is 9.47 Å². The number of amides is 1. The largest absolute Gasteiger partial charge is 1.00 e. The fourth-order valence-corrected chi connectivity index (χ4v) is 1.44. The third-order valence-electron chi connectivity index (χ3n) is 2.33. The van der Waals surface area contributed by atoms with Gasteiger partial charge in [0.15, 0.2) is 0 Å². The molecule has 1 aromatic rings. The van der Waals surface area contributed by atoms with Crippen molar-refractivity contribution in [2.75, 3.05) is 6.54 Å². The van der Waals surface area contributed by atoms with Crippen LogP contribution in [0.3, 0.4) is 0 Å². The molecule has 0 radical (unpaired) electrons. The zero-order valence-electron chi connectivity index (χ0n) is 10.1. The van der Waals surface area contributed by atoms with Gasteiger partial charge in [-0.05, 0) is 12.6 Å². The molecule has 0 aliphatic carbocycles. The van der Waals surface area contributed by atoms with E-state index in [1.165, 1.54) is 0 Å². The Bertz CT molecular complexity index is 387. The maximum Gasteiger partial charge on any atom is 0.248 e. The van der Waals surface area contributed by atoms with Crippen LogP contribution in [0.4, 0.5) is 0 Å². The molecule has 4 nitrogen and oxygen atoms in total. The molecule has 0 spiro atoms. The molecule has 0 saturated carbocycles. The van der Waals surface area contributed by atoms with E-state index in [0.29, 0.717) is 6.42 Å². The lowest BCUT2D eigenvalue weighted by Gasteiger charge is -2.05. The van der Waals surface area contributed by atoms with Crippen LogP contribution in [0.2, 0.25) is 0 Å². The second-order valence-corrected chi connectivity index (χ2v) is 3.58. The lowest BCUT2D eigenvalue weighted by atomic mass is 10.4. The van der Waals surface area contributed by atoms with Gasteiger partial charge >= 0.3 is 0 Å². The molecule has 0 unspecified atom stereocenters. The highest BCUT2D eigenvalue weighted by Crippen LogP contribution is 2.08. The van der Waals surface area contributed by atoms with Crippen LogP contribution in [0.25, 0.3) is 6.20 Å². The van der Waals surface area contributed by atoms with Crippen LogP contribution >= 0.6 is 0 Å². The minimum absolute atomic E-state index is 0. The van der Waals surface area contributed by atoms with Gasteiger partial charge in [-0.3, -0.25) is 4.79 Å². The number of hydrogen-bond acceptors (Lipinski definition) is 1. The van der Waals surface area contributed by atoms with E-state index in [9.17, 15) is 4.79 Å². The molecule has 17 heavy (non-hydrogen) atoms. The van der Waals surface area contributed by atoms with E-state index in [2.05, 4.69) is 13.2 Å². The lowest BCUT2D eigenvalue weighted by molar-refractivity contribution is -0.567. The summed E-state index contributed by atoms with van der Waals surface area (Å²) in [4.78, 5) is 12.3. The van der Waals surface area contributed by atoms with E-state index in [4.69, 9.17) is 0 Å². The number of halogens is 1. The van der Waals surface area contributed by atoms with Gasteiger partial charge in [0.1, 0.15) is 12.4 Å². The Morgan fingerprint density at radius 2 is 2.18 bits per heavy atom. The van der Waals surface area contributed by atoms with Crippen LogP contribution in [0.1, 0.15) is 12.8 Å². The standard InChI is InChI=1S/C6H9N2.C6H9NO.ClH/c1-3-8-5-4-7(2)6-8;1-2-7-5-3-4-6(7)8;/h3-6H,1H2,2H3;2H,1,3-5H2;1H/q+1;;/p-1. The topological polar surface area (TPSA) is 29.1 Å². The minimum atomic E-state index is 0. The number of carbonyl (C=O) groups excluding carboxylic acids is 1. The molecule has 1 aliphatic heterocycles. The van der Waals surface area contributed by atoms with E-state index < -0.39 is 0 Å². The van der Waals surface area contributed by atoms with Gasteiger partial charge in [0.05, 0.1) is 13.2 Å². The minimum Gasteiger partial charge on any atom is -1.00 e. The van der Waals surface area contributed by atoms with Crippen LogP contribution < -0.4 is 17.0 Å². The second kappa shape index (κ2) is 7.68. The molecule has 1 aromatic heterocycles. The lowest BCUT2D eigenvalue weighted by Crippen LogP contribution is -3.00. The Labute approximate surface area is 108 Å². The molecule has 0 aromatic carbocycles. The van der Waals surface area contributed by atoms with Crippen LogP contribution in [0.5, 0.6) is 0 Å². The van der Waals surface area contributed by atoms with E-state index in [1.54, 1.807) is 17.3 Å². The molecular weight excluding hydrogens is 238 g/mol. The normalized spacial score (nSPS) is 13.5. The fraction of sp³-hybridized carbons (Fsp3) is 0.333. The van der Waals surface area contributed by atoms with Gasteiger partial charge < -0.3 is 17.3 Å². The molecule has 1 fully saturated rings. The monoisotopic (exact) mass is 255 g/mol. The van der Waals surface area contributed by atoms with Crippen LogP contribution in [0.15, 0.2) is 38.1 Å². The van der Waals surface area contributed by atoms with Crippen molar-refractivity contribution in [3.8, 4) is 0 Å². The summed E-state index contributed by atoms with van der Waals surface area (Å²) >= 11 is 0.